The number of hydrogen-bond acceptors (Lipinski definition) is 9. The summed E-state index contributed by atoms with van der Waals surface area (Å²) in [6.45, 7) is 6.99. The Morgan fingerprint density at radius 3 is 1.67 bits per heavy atom. The molecule has 0 spiro atoms. The third-order valence-electron chi connectivity index (χ3n) is 7.31. The van der Waals surface area contributed by atoms with Crippen molar-refractivity contribution in [2.45, 2.75) is 64.8 Å². The van der Waals surface area contributed by atoms with Crippen LogP contribution in [0.25, 0.3) is 5.53 Å². The van der Waals surface area contributed by atoms with Crippen molar-refractivity contribution in [1.29, 1.82) is 0 Å². The molecule has 0 N–H and O–H groups in total. The predicted molar refractivity (Wildman–Crippen MR) is 170 cm³/mol. The summed E-state index contributed by atoms with van der Waals surface area (Å²) in [7, 11) is -3.27. The van der Waals surface area contributed by atoms with Gasteiger partial charge in [-0.2, -0.15) is 4.79 Å². The summed E-state index contributed by atoms with van der Waals surface area (Å²) in [5.74, 6) is -3.73. The molecule has 1 saturated heterocycles. The van der Waals surface area contributed by atoms with E-state index in [0.29, 0.717) is 0 Å². The number of carbonyl (C=O) groups is 3. The second kappa shape index (κ2) is 15.2. The second-order valence-corrected chi connectivity index (χ2v) is 14.4. The molecule has 0 radical (unpaired) electrons. The molecule has 3 aromatic rings. The lowest BCUT2D eigenvalue weighted by molar-refractivity contribution is -0.174. The van der Waals surface area contributed by atoms with Crippen molar-refractivity contribution in [2.75, 3.05) is 13.2 Å². The van der Waals surface area contributed by atoms with E-state index in [1.54, 1.807) is 20.8 Å². The summed E-state index contributed by atoms with van der Waals surface area (Å²) in [5, 5.41) is 2.85. The first kappa shape index (κ1) is 34.4. The van der Waals surface area contributed by atoms with Crippen LogP contribution in [0.15, 0.2) is 91.0 Å². The van der Waals surface area contributed by atoms with Crippen molar-refractivity contribution in [2.24, 2.45) is 0 Å². The fourth-order valence-electron chi connectivity index (χ4n) is 5.60. The Hall–Kier alpha value is -4.45. The van der Waals surface area contributed by atoms with Crippen LogP contribution in [0.5, 0.6) is 0 Å². The van der Waals surface area contributed by atoms with Crippen molar-refractivity contribution in [3.8, 4) is 0 Å². The van der Waals surface area contributed by atoms with Crippen LogP contribution in [0, 0.1) is 0 Å². The average Bonchev–Trinajstić information content (AvgIpc) is 3.37. The molecule has 242 valence electrons. The summed E-state index contributed by atoms with van der Waals surface area (Å²) in [6.07, 6.45) is -5.13. The molecule has 12 heteroatoms. The molecule has 1 aliphatic rings. The van der Waals surface area contributed by atoms with E-state index in [-0.39, 0.29) is 13.2 Å². The number of carbonyl (C=O) groups excluding carboxylic acids is 3. The Morgan fingerprint density at radius 2 is 1.26 bits per heavy atom. The van der Waals surface area contributed by atoms with Gasteiger partial charge in [0.1, 0.15) is 12.2 Å². The number of ether oxygens (including phenoxy) is 5. The van der Waals surface area contributed by atoms with Gasteiger partial charge in [0.05, 0.1) is 13.2 Å². The van der Waals surface area contributed by atoms with Gasteiger partial charge in [0, 0.05) is 13.8 Å². The quantitative estimate of drug-likeness (QED) is 0.0520. The standard InChI is InChI=1S/C34H38N2O9Si/c1-6-40-33(39)29(36-35)31(43-24(3)38)32-30(44-34(4,5)45-32)28(42-23(2)37)22-41-46(25-16-10-7-11-17-25,26-18-12-8-13-19-26)27-20-14-9-15-21-27/h7-21,28,30-32H,6,22H2,1-5H3/t28-,30-,31?,32+/m1/s1. The van der Waals surface area contributed by atoms with Crippen molar-refractivity contribution >= 4 is 47.5 Å². The van der Waals surface area contributed by atoms with Crippen molar-refractivity contribution in [3.63, 3.8) is 0 Å². The first-order chi connectivity index (χ1) is 22.0. The van der Waals surface area contributed by atoms with Gasteiger partial charge in [0.25, 0.3) is 8.32 Å². The first-order valence-electron chi connectivity index (χ1n) is 14.9. The lowest BCUT2D eigenvalue weighted by Crippen LogP contribution is -2.70. The van der Waals surface area contributed by atoms with E-state index in [9.17, 15) is 19.9 Å². The topological polar surface area (TPSA) is 143 Å². The molecule has 11 nitrogen and oxygen atoms in total. The highest BCUT2D eigenvalue weighted by Gasteiger charge is 2.56. The van der Waals surface area contributed by atoms with Gasteiger partial charge >= 0.3 is 23.6 Å². The normalized spacial score (nSPS) is 18.5. The highest BCUT2D eigenvalue weighted by Crippen LogP contribution is 2.35. The van der Waals surface area contributed by atoms with Crippen molar-refractivity contribution < 1.29 is 47.3 Å². The van der Waals surface area contributed by atoms with Gasteiger partial charge in [-0.05, 0) is 36.3 Å². The molecule has 0 aromatic heterocycles. The van der Waals surface area contributed by atoms with Crippen molar-refractivity contribution in [3.05, 3.63) is 96.5 Å². The largest absolute Gasteiger partial charge is 0.457 e. The Bertz CT molecular complexity index is 1450. The molecule has 1 fully saturated rings. The number of hydrogen-bond donors (Lipinski definition) is 0. The molecule has 0 amide bonds. The zero-order chi connectivity index (χ0) is 33.3. The summed E-state index contributed by atoms with van der Waals surface area (Å²) in [5.41, 5.74) is 9.24. The number of rotatable bonds is 13. The van der Waals surface area contributed by atoms with Crippen molar-refractivity contribution in [1.82, 2.24) is 0 Å². The minimum Gasteiger partial charge on any atom is -0.457 e. The molecular weight excluding hydrogens is 608 g/mol. The van der Waals surface area contributed by atoms with Gasteiger partial charge in [-0.25, -0.2) is 4.79 Å². The molecule has 4 rings (SSSR count). The molecule has 0 bridgehead atoms. The first-order valence-corrected chi connectivity index (χ1v) is 16.8. The van der Waals surface area contributed by atoms with Crippen LogP contribution in [0.1, 0.15) is 34.6 Å². The second-order valence-electron chi connectivity index (χ2n) is 11.0. The van der Waals surface area contributed by atoms with E-state index in [1.165, 1.54) is 6.92 Å². The number of nitrogens with zero attached hydrogens (tertiary/aromatic N) is 2. The smallest absolute Gasteiger partial charge is 0.421 e. The molecule has 1 unspecified atom stereocenters. The minimum atomic E-state index is -3.27. The maximum Gasteiger partial charge on any atom is 0.421 e. The molecule has 4 atom stereocenters. The highest BCUT2D eigenvalue weighted by molar-refractivity contribution is 7.07. The fraction of sp³-hybridized carbons (Fsp3) is 0.353. The fourth-order valence-corrected chi connectivity index (χ4v) is 9.50. The maximum absolute atomic E-state index is 12.8. The molecule has 1 heterocycles. The summed E-state index contributed by atoms with van der Waals surface area (Å²) in [6, 6.07) is 29.5. The van der Waals surface area contributed by atoms with Crippen LogP contribution in [-0.4, -0.2) is 80.1 Å². The Balaban J connectivity index is 1.83. The lowest BCUT2D eigenvalue weighted by atomic mass is 9.99. The monoisotopic (exact) mass is 646 g/mol. The Kier molecular flexibility index (Phi) is 11.4. The zero-order valence-electron chi connectivity index (χ0n) is 26.5. The van der Waals surface area contributed by atoms with E-state index in [0.717, 1.165) is 22.5 Å². The SMILES string of the molecule is CCOC(=O)C(=[N+]=[N-])C(OC(C)=O)[C@H]1OC(C)(C)O[C@@H]1[C@@H](CO[Si](c1ccccc1)(c1ccccc1)c1ccccc1)OC(C)=O. The molecular formula is C34H38N2O9Si. The minimum absolute atomic E-state index is 0.0311. The predicted octanol–water partition coefficient (Wildman–Crippen LogP) is 2.29. The van der Waals surface area contributed by atoms with Crippen LogP contribution in [-0.2, 0) is 42.5 Å². The third kappa shape index (κ3) is 7.84. The molecule has 0 aliphatic carbocycles. The molecule has 46 heavy (non-hydrogen) atoms. The average molecular weight is 647 g/mol. The third-order valence-corrected chi connectivity index (χ3v) is 11.3. The van der Waals surface area contributed by atoms with Gasteiger partial charge in [-0.15, -0.1) is 0 Å². The lowest BCUT2D eigenvalue weighted by Gasteiger charge is -2.36. The molecule has 3 aromatic carbocycles. The zero-order valence-corrected chi connectivity index (χ0v) is 27.5. The van der Waals surface area contributed by atoms with E-state index < -0.39 is 62.1 Å². The van der Waals surface area contributed by atoms with Crippen LogP contribution in [0.2, 0.25) is 0 Å². The summed E-state index contributed by atoms with van der Waals surface area (Å²) in [4.78, 5) is 40.7. The van der Waals surface area contributed by atoms with Crippen LogP contribution in [0.4, 0.5) is 0 Å². The Labute approximate surface area is 269 Å². The van der Waals surface area contributed by atoms with Gasteiger partial charge < -0.3 is 33.6 Å². The highest BCUT2D eigenvalue weighted by atomic mass is 28.4. The maximum atomic E-state index is 12.8. The van der Waals surface area contributed by atoms with E-state index >= 15 is 0 Å². The summed E-state index contributed by atoms with van der Waals surface area (Å²) >= 11 is 0. The van der Waals surface area contributed by atoms with E-state index in [1.807, 2.05) is 91.0 Å². The van der Waals surface area contributed by atoms with Crippen LogP contribution >= 0.6 is 0 Å². The number of benzene rings is 3. The molecule has 0 saturated carbocycles. The molecule has 1 aliphatic heterocycles. The van der Waals surface area contributed by atoms with Gasteiger partial charge in [0.15, 0.2) is 11.9 Å². The summed E-state index contributed by atoms with van der Waals surface area (Å²) < 4.78 is 35.8. The van der Waals surface area contributed by atoms with Crippen LogP contribution in [0.3, 0.4) is 0 Å². The van der Waals surface area contributed by atoms with Crippen LogP contribution < -0.4 is 15.6 Å². The van der Waals surface area contributed by atoms with Gasteiger partial charge in [0.2, 0.25) is 6.10 Å². The Morgan fingerprint density at radius 1 is 0.804 bits per heavy atom. The van der Waals surface area contributed by atoms with Gasteiger partial charge in [-0.1, -0.05) is 91.0 Å². The number of esters is 3. The van der Waals surface area contributed by atoms with E-state index in [2.05, 4.69) is 4.79 Å². The van der Waals surface area contributed by atoms with E-state index in [4.69, 9.17) is 28.1 Å². The van der Waals surface area contributed by atoms with Gasteiger partial charge in [-0.3, -0.25) is 9.59 Å².